The van der Waals surface area contributed by atoms with E-state index in [4.69, 9.17) is 4.74 Å². The molecule has 0 aliphatic rings. The van der Waals surface area contributed by atoms with Crippen molar-refractivity contribution in [1.82, 2.24) is 0 Å². The van der Waals surface area contributed by atoms with Gasteiger partial charge in [0.2, 0.25) is 0 Å². The van der Waals surface area contributed by atoms with Gasteiger partial charge in [0.05, 0.1) is 11.4 Å². The van der Waals surface area contributed by atoms with E-state index in [2.05, 4.69) is 24.1 Å². The smallest absolute Gasteiger partial charge is 0.311 e. The Bertz CT molecular complexity index is 858. The highest BCUT2D eigenvalue weighted by atomic mass is 16.5. The molecule has 5 nitrogen and oxygen atoms in total. The molecule has 0 fully saturated rings. The van der Waals surface area contributed by atoms with Crippen LogP contribution in [0.25, 0.3) is 0 Å². The predicted octanol–water partition coefficient (Wildman–Crippen LogP) is 8.91. The Hall–Kier alpha value is -2.82. The summed E-state index contributed by atoms with van der Waals surface area (Å²) in [7, 11) is 0. The minimum Gasteiger partial charge on any atom is -0.427 e. The normalized spacial score (nSPS) is 11.1. The summed E-state index contributed by atoms with van der Waals surface area (Å²) >= 11 is 0. The Balaban J connectivity index is 1.71. The number of carbonyl (C=O) groups excluding carboxylic acids is 2. The minimum atomic E-state index is -0.191. The number of unbranched alkanes of at least 4 members (excludes halogenated alkanes) is 8. The topological polar surface area (TPSA) is 68.1 Å². The second-order valence-corrected chi connectivity index (χ2v) is 8.47. The highest BCUT2D eigenvalue weighted by molar-refractivity contribution is 5.96. The van der Waals surface area contributed by atoms with E-state index in [-0.39, 0.29) is 11.8 Å². The van der Waals surface area contributed by atoms with Crippen LogP contribution in [0.5, 0.6) is 5.75 Å². The first kappa shape index (κ1) is 26.4. The summed E-state index contributed by atoms with van der Waals surface area (Å²) in [5.74, 6) is 0.491. The van der Waals surface area contributed by atoms with Crippen molar-refractivity contribution in [3.63, 3.8) is 0 Å². The van der Waals surface area contributed by atoms with Gasteiger partial charge in [0, 0.05) is 18.4 Å². The first-order valence-corrected chi connectivity index (χ1v) is 12.5. The summed E-state index contributed by atoms with van der Waals surface area (Å²) < 4.78 is 5.41. The molecule has 0 saturated carbocycles. The Morgan fingerprint density at radius 1 is 0.636 bits per heavy atom. The van der Waals surface area contributed by atoms with Gasteiger partial charge in [-0.15, -0.1) is 0 Å². The van der Waals surface area contributed by atoms with Crippen molar-refractivity contribution in [1.29, 1.82) is 0 Å². The molecule has 0 heterocycles. The summed E-state index contributed by atoms with van der Waals surface area (Å²) in [5.41, 5.74) is 2.06. The molecule has 0 amide bonds. The Kier molecular flexibility index (Phi) is 12.7. The van der Waals surface area contributed by atoms with Crippen LogP contribution in [0.4, 0.5) is 11.4 Å². The first-order valence-electron chi connectivity index (χ1n) is 12.5. The number of esters is 1. The third-order valence-corrected chi connectivity index (χ3v) is 5.53. The van der Waals surface area contributed by atoms with E-state index >= 15 is 0 Å². The van der Waals surface area contributed by atoms with Crippen molar-refractivity contribution in [2.75, 3.05) is 0 Å². The van der Waals surface area contributed by atoms with Crippen molar-refractivity contribution >= 4 is 23.1 Å². The van der Waals surface area contributed by atoms with Crippen LogP contribution in [0.2, 0.25) is 0 Å². The average Bonchev–Trinajstić information content (AvgIpc) is 2.84. The van der Waals surface area contributed by atoms with Crippen molar-refractivity contribution < 1.29 is 14.3 Å². The number of carbonyl (C=O) groups is 2. The monoisotopic (exact) mass is 450 g/mol. The molecule has 2 rings (SSSR count). The Morgan fingerprint density at radius 3 is 1.73 bits per heavy atom. The van der Waals surface area contributed by atoms with E-state index in [1.807, 2.05) is 0 Å². The molecule has 0 spiro atoms. The van der Waals surface area contributed by atoms with Crippen molar-refractivity contribution in [3.05, 3.63) is 54.1 Å². The Morgan fingerprint density at radius 2 is 1.15 bits per heavy atom. The van der Waals surface area contributed by atoms with E-state index < -0.39 is 0 Å². The summed E-state index contributed by atoms with van der Waals surface area (Å²) in [6.07, 6.45) is 12.6. The SMILES string of the molecule is CCCCCCCCCCC(=O)Oc1ccc(N=Nc2ccc(C(=O)CCCC)cc2)cc1. The number of azo groups is 1. The van der Waals surface area contributed by atoms with Crippen LogP contribution in [0.1, 0.15) is 101 Å². The molecular weight excluding hydrogens is 412 g/mol. The van der Waals surface area contributed by atoms with Gasteiger partial charge in [-0.3, -0.25) is 9.59 Å². The molecule has 2 aromatic carbocycles. The van der Waals surface area contributed by atoms with Crippen LogP contribution in [0.3, 0.4) is 0 Å². The lowest BCUT2D eigenvalue weighted by atomic mass is 10.1. The molecule has 0 bridgehead atoms. The molecule has 0 radical (unpaired) electrons. The predicted molar refractivity (Wildman–Crippen MR) is 134 cm³/mol. The fourth-order valence-corrected chi connectivity index (χ4v) is 3.48. The second kappa shape index (κ2) is 15.9. The zero-order valence-corrected chi connectivity index (χ0v) is 20.2. The number of hydrogen-bond acceptors (Lipinski definition) is 5. The fraction of sp³-hybridized carbons (Fsp3) is 0.500. The van der Waals surface area contributed by atoms with Gasteiger partial charge in [-0.05, 0) is 61.4 Å². The number of ether oxygens (including phenoxy) is 1. The molecular formula is C28H38N2O3. The number of rotatable bonds is 16. The van der Waals surface area contributed by atoms with Gasteiger partial charge in [0.25, 0.3) is 0 Å². The lowest BCUT2D eigenvalue weighted by Gasteiger charge is -2.05. The largest absolute Gasteiger partial charge is 0.427 e. The van der Waals surface area contributed by atoms with Gasteiger partial charge in [0.1, 0.15) is 5.75 Å². The molecule has 0 aliphatic heterocycles. The van der Waals surface area contributed by atoms with Crippen LogP contribution in [0.15, 0.2) is 58.8 Å². The highest BCUT2D eigenvalue weighted by Gasteiger charge is 2.06. The van der Waals surface area contributed by atoms with Gasteiger partial charge in [-0.1, -0.05) is 65.2 Å². The number of nitrogens with zero attached hydrogens (tertiary/aromatic N) is 2. The van der Waals surface area contributed by atoms with Gasteiger partial charge in [-0.25, -0.2) is 0 Å². The zero-order chi connectivity index (χ0) is 23.7. The van der Waals surface area contributed by atoms with E-state index in [1.54, 1.807) is 48.5 Å². The highest BCUT2D eigenvalue weighted by Crippen LogP contribution is 2.22. The van der Waals surface area contributed by atoms with Gasteiger partial charge < -0.3 is 4.74 Å². The van der Waals surface area contributed by atoms with Crippen molar-refractivity contribution in [2.24, 2.45) is 10.2 Å². The molecule has 0 saturated heterocycles. The standard InChI is InChI=1S/C28H38N2O3/c1-3-5-7-8-9-10-11-12-14-28(32)33-26-21-19-25(20-22-26)30-29-24-17-15-23(16-18-24)27(31)13-6-4-2/h15-22H,3-14H2,1-2H3. The van der Waals surface area contributed by atoms with E-state index in [1.165, 1.54) is 38.5 Å². The van der Waals surface area contributed by atoms with E-state index in [0.29, 0.717) is 35.5 Å². The van der Waals surface area contributed by atoms with Crippen LogP contribution < -0.4 is 4.74 Å². The maximum absolute atomic E-state index is 12.0. The molecule has 5 heteroatoms. The summed E-state index contributed by atoms with van der Waals surface area (Å²) in [6.45, 7) is 4.30. The fourth-order valence-electron chi connectivity index (χ4n) is 3.48. The molecule has 0 aliphatic carbocycles. The lowest BCUT2D eigenvalue weighted by Crippen LogP contribution is -2.07. The van der Waals surface area contributed by atoms with Gasteiger partial charge in [-0.2, -0.15) is 10.2 Å². The number of Topliss-reactive ketones (excluding diaryl/α,β-unsaturated/α-hetero) is 1. The van der Waals surface area contributed by atoms with Crippen LogP contribution in [-0.2, 0) is 4.79 Å². The Labute approximate surface area is 198 Å². The maximum atomic E-state index is 12.0. The molecule has 178 valence electrons. The van der Waals surface area contributed by atoms with Crippen LogP contribution >= 0.6 is 0 Å². The van der Waals surface area contributed by atoms with Crippen molar-refractivity contribution in [3.8, 4) is 5.75 Å². The average molecular weight is 451 g/mol. The lowest BCUT2D eigenvalue weighted by molar-refractivity contribution is -0.134. The molecule has 33 heavy (non-hydrogen) atoms. The molecule has 0 atom stereocenters. The molecule has 0 unspecified atom stereocenters. The van der Waals surface area contributed by atoms with E-state index in [0.717, 1.165) is 25.7 Å². The van der Waals surface area contributed by atoms with Gasteiger partial charge in [0.15, 0.2) is 5.78 Å². The van der Waals surface area contributed by atoms with E-state index in [9.17, 15) is 9.59 Å². The summed E-state index contributed by atoms with van der Waals surface area (Å²) in [5, 5.41) is 8.43. The second-order valence-electron chi connectivity index (χ2n) is 8.47. The number of benzene rings is 2. The third kappa shape index (κ3) is 11.0. The van der Waals surface area contributed by atoms with Crippen LogP contribution in [-0.4, -0.2) is 11.8 Å². The molecule has 0 N–H and O–H groups in total. The minimum absolute atomic E-state index is 0.160. The molecule has 0 aromatic heterocycles. The maximum Gasteiger partial charge on any atom is 0.311 e. The zero-order valence-electron chi connectivity index (χ0n) is 20.2. The van der Waals surface area contributed by atoms with Crippen LogP contribution in [0, 0.1) is 0 Å². The summed E-state index contributed by atoms with van der Waals surface area (Å²) in [4.78, 5) is 24.1. The quantitative estimate of drug-likeness (QED) is 0.0842. The molecule has 2 aromatic rings. The summed E-state index contributed by atoms with van der Waals surface area (Å²) in [6, 6.07) is 14.2. The van der Waals surface area contributed by atoms with Crippen molar-refractivity contribution in [2.45, 2.75) is 90.9 Å². The van der Waals surface area contributed by atoms with Gasteiger partial charge >= 0.3 is 5.97 Å². The number of hydrogen-bond donors (Lipinski definition) is 0. The third-order valence-electron chi connectivity index (χ3n) is 5.53. The number of ketones is 1. The first-order chi connectivity index (χ1) is 16.1.